The number of H-pyrrole nitrogens is 1. The van der Waals surface area contributed by atoms with Gasteiger partial charge >= 0.3 is 6.18 Å². The molecule has 1 atom stereocenters. The van der Waals surface area contributed by atoms with Crippen LogP contribution in [0.2, 0.25) is 0 Å². The van der Waals surface area contributed by atoms with E-state index in [2.05, 4.69) is 4.98 Å². The number of hydrogen-bond donors (Lipinski definition) is 1. The zero-order chi connectivity index (χ0) is 20.5. The molecule has 0 radical (unpaired) electrons. The van der Waals surface area contributed by atoms with E-state index in [0.717, 1.165) is 12.1 Å². The first kappa shape index (κ1) is 20.9. The van der Waals surface area contributed by atoms with Gasteiger partial charge in [0.25, 0.3) is 0 Å². The summed E-state index contributed by atoms with van der Waals surface area (Å²) in [6.07, 6.45) is -4.37. The zero-order valence-corrected chi connectivity index (χ0v) is 16.0. The summed E-state index contributed by atoms with van der Waals surface area (Å²) >= 11 is 0. The van der Waals surface area contributed by atoms with Crippen LogP contribution in [0.5, 0.6) is 0 Å². The summed E-state index contributed by atoms with van der Waals surface area (Å²) in [4.78, 5) is 29.3. The fourth-order valence-electron chi connectivity index (χ4n) is 3.16. The molecule has 0 aliphatic rings. The lowest BCUT2D eigenvalue weighted by Gasteiger charge is -2.23. The number of Topliss-reactive ketones (excluding diaryl/α,β-unsaturated/α-hetero) is 2. The number of halogens is 3. The summed E-state index contributed by atoms with van der Waals surface area (Å²) in [6.45, 7) is 6.99. The van der Waals surface area contributed by atoms with Crippen LogP contribution in [0.1, 0.15) is 57.1 Å². The maximum Gasteiger partial charge on any atom is 0.416 e. The van der Waals surface area contributed by atoms with Gasteiger partial charge in [-0.15, -0.1) is 0 Å². The van der Waals surface area contributed by atoms with Crippen LogP contribution in [-0.2, 0) is 12.7 Å². The molecule has 0 amide bonds. The molecule has 2 aromatic rings. The number of aromatic nitrogens is 1. The highest BCUT2D eigenvalue weighted by Crippen LogP contribution is 2.29. The maximum absolute atomic E-state index is 12.8. The minimum absolute atomic E-state index is 0.105. The highest BCUT2D eigenvalue weighted by molar-refractivity contribution is 6.05. The number of carbonyl (C=O) groups is 2. The fourth-order valence-corrected chi connectivity index (χ4v) is 3.16. The van der Waals surface area contributed by atoms with Crippen molar-refractivity contribution in [1.29, 1.82) is 0 Å². The number of nitrogens with zero attached hydrogens (tertiary/aromatic N) is 1. The second-order valence-electron chi connectivity index (χ2n) is 6.83. The van der Waals surface area contributed by atoms with Gasteiger partial charge in [-0.2, -0.15) is 13.2 Å². The van der Waals surface area contributed by atoms with E-state index in [1.54, 1.807) is 32.7 Å². The number of nitrogens with one attached hydrogen (secondary N) is 1. The lowest BCUT2D eigenvalue weighted by atomic mass is 10.0. The second-order valence-corrected chi connectivity index (χ2v) is 6.83. The van der Waals surface area contributed by atoms with E-state index in [-0.39, 0.29) is 11.6 Å². The average molecular weight is 380 g/mol. The number of carbonyl (C=O) groups excluding carboxylic acids is 2. The number of hydrogen-bond acceptors (Lipinski definition) is 3. The molecular formula is C20H23F3N2O2. The van der Waals surface area contributed by atoms with Crippen molar-refractivity contribution in [3.8, 4) is 0 Å². The number of benzene rings is 1. The van der Waals surface area contributed by atoms with Crippen molar-refractivity contribution >= 4 is 11.6 Å². The molecule has 0 fully saturated rings. The zero-order valence-electron chi connectivity index (χ0n) is 16.0. The Balaban J connectivity index is 2.15. The van der Waals surface area contributed by atoms with Gasteiger partial charge in [0.2, 0.25) is 0 Å². The summed E-state index contributed by atoms with van der Waals surface area (Å²) in [7, 11) is 1.73. The second kappa shape index (κ2) is 7.68. The molecule has 0 spiro atoms. The quantitative estimate of drug-likeness (QED) is 0.748. The maximum atomic E-state index is 12.8. The third kappa shape index (κ3) is 4.47. The molecular weight excluding hydrogens is 357 g/mol. The van der Waals surface area contributed by atoms with Crippen LogP contribution in [0.4, 0.5) is 13.2 Å². The molecule has 4 nitrogen and oxygen atoms in total. The molecule has 146 valence electrons. The van der Waals surface area contributed by atoms with Crippen LogP contribution in [-0.4, -0.2) is 34.5 Å². The number of aromatic amines is 1. The summed E-state index contributed by atoms with van der Waals surface area (Å²) in [6, 6.07) is 4.38. The van der Waals surface area contributed by atoms with Gasteiger partial charge in [0.05, 0.1) is 17.3 Å². The Hall–Kier alpha value is -2.41. The van der Waals surface area contributed by atoms with E-state index in [1.165, 1.54) is 19.1 Å². The Morgan fingerprint density at radius 1 is 1.15 bits per heavy atom. The molecule has 0 saturated carbocycles. The number of alkyl halides is 3. The van der Waals surface area contributed by atoms with E-state index in [4.69, 9.17) is 0 Å². The minimum Gasteiger partial charge on any atom is -0.355 e. The van der Waals surface area contributed by atoms with Gasteiger partial charge in [-0.25, -0.2) is 0 Å². The Kier molecular flexibility index (Phi) is 5.94. The van der Waals surface area contributed by atoms with E-state index < -0.39 is 17.8 Å². The number of ketones is 2. The Morgan fingerprint density at radius 2 is 1.70 bits per heavy atom. The van der Waals surface area contributed by atoms with Crippen molar-refractivity contribution in [3.63, 3.8) is 0 Å². The van der Waals surface area contributed by atoms with Crippen LogP contribution in [0.25, 0.3) is 0 Å². The van der Waals surface area contributed by atoms with Gasteiger partial charge in [-0.05, 0) is 58.0 Å². The van der Waals surface area contributed by atoms with Gasteiger partial charge in [-0.3, -0.25) is 14.5 Å². The SMILES string of the molecule is CC(=O)c1c(C)[nH]c(C(=O)C(C)N(C)Cc2ccc(C(F)(F)F)cc2)c1C. The number of aryl methyl sites for hydroxylation is 1. The average Bonchev–Trinajstić information content (AvgIpc) is 2.87. The van der Waals surface area contributed by atoms with Crippen molar-refractivity contribution in [1.82, 2.24) is 9.88 Å². The molecule has 0 aliphatic carbocycles. The minimum atomic E-state index is -4.37. The van der Waals surface area contributed by atoms with Crippen LogP contribution < -0.4 is 0 Å². The first-order valence-electron chi connectivity index (χ1n) is 8.54. The number of rotatable bonds is 6. The lowest BCUT2D eigenvalue weighted by Crippen LogP contribution is -2.36. The summed E-state index contributed by atoms with van der Waals surface area (Å²) in [5.41, 5.74) is 2.17. The number of likely N-dealkylation sites (N-methyl/N-ethyl adjacent to an activating group) is 1. The Labute approximate surface area is 156 Å². The van der Waals surface area contributed by atoms with E-state index in [9.17, 15) is 22.8 Å². The standard InChI is InChI=1S/C20H23F3N2O2/c1-11-17(14(4)26)12(2)24-18(11)19(27)13(3)25(5)10-15-6-8-16(9-7-15)20(21,22)23/h6-9,13,24H,10H2,1-5H3. The molecule has 0 bridgehead atoms. The Morgan fingerprint density at radius 3 is 2.15 bits per heavy atom. The molecule has 1 aromatic heterocycles. The third-order valence-electron chi connectivity index (χ3n) is 4.79. The molecule has 2 rings (SSSR count). The van der Waals surface area contributed by atoms with E-state index in [0.29, 0.717) is 34.6 Å². The summed E-state index contributed by atoms with van der Waals surface area (Å²) < 4.78 is 38.0. The van der Waals surface area contributed by atoms with E-state index in [1.807, 2.05) is 0 Å². The van der Waals surface area contributed by atoms with Gasteiger partial charge in [-0.1, -0.05) is 12.1 Å². The largest absolute Gasteiger partial charge is 0.416 e. The fraction of sp³-hybridized carbons (Fsp3) is 0.400. The van der Waals surface area contributed by atoms with Crippen LogP contribution >= 0.6 is 0 Å². The van der Waals surface area contributed by atoms with Crippen LogP contribution in [0.15, 0.2) is 24.3 Å². The highest BCUT2D eigenvalue weighted by atomic mass is 19.4. The van der Waals surface area contributed by atoms with Gasteiger partial charge in [0.15, 0.2) is 11.6 Å². The molecule has 0 saturated heterocycles. The molecule has 1 N–H and O–H groups in total. The molecule has 7 heteroatoms. The molecule has 1 heterocycles. The van der Waals surface area contributed by atoms with Gasteiger partial charge < -0.3 is 4.98 Å². The van der Waals surface area contributed by atoms with Crippen molar-refractivity contribution in [2.24, 2.45) is 0 Å². The highest BCUT2D eigenvalue weighted by Gasteiger charge is 2.30. The lowest BCUT2D eigenvalue weighted by molar-refractivity contribution is -0.137. The first-order valence-corrected chi connectivity index (χ1v) is 8.54. The van der Waals surface area contributed by atoms with Crippen LogP contribution in [0, 0.1) is 13.8 Å². The van der Waals surface area contributed by atoms with E-state index >= 15 is 0 Å². The Bertz CT molecular complexity index is 851. The smallest absolute Gasteiger partial charge is 0.355 e. The molecule has 1 aromatic carbocycles. The predicted molar refractivity (Wildman–Crippen MR) is 97.0 cm³/mol. The van der Waals surface area contributed by atoms with Gasteiger partial charge in [0.1, 0.15) is 0 Å². The van der Waals surface area contributed by atoms with Crippen molar-refractivity contribution in [2.45, 2.75) is 46.5 Å². The van der Waals surface area contributed by atoms with Crippen molar-refractivity contribution in [2.75, 3.05) is 7.05 Å². The molecule has 1 unspecified atom stereocenters. The van der Waals surface area contributed by atoms with Gasteiger partial charge in [0, 0.05) is 17.8 Å². The first-order chi connectivity index (χ1) is 12.4. The summed E-state index contributed by atoms with van der Waals surface area (Å²) in [5.74, 6) is -0.274. The predicted octanol–water partition coefficient (Wildman–Crippen LogP) is 4.56. The topological polar surface area (TPSA) is 53.2 Å². The molecule has 27 heavy (non-hydrogen) atoms. The normalized spacial score (nSPS) is 13.1. The molecule has 0 aliphatic heterocycles. The van der Waals surface area contributed by atoms with Crippen molar-refractivity contribution in [3.05, 3.63) is 57.9 Å². The van der Waals surface area contributed by atoms with Crippen LogP contribution in [0.3, 0.4) is 0 Å². The monoisotopic (exact) mass is 380 g/mol. The summed E-state index contributed by atoms with van der Waals surface area (Å²) in [5, 5.41) is 0. The van der Waals surface area contributed by atoms with Crippen molar-refractivity contribution < 1.29 is 22.8 Å². The third-order valence-corrected chi connectivity index (χ3v) is 4.79.